The standard InChI is InChI=1S/C16H17N3S/c20-16(18-14-6-2-1-3-7-14)19(15-8-9-15)12-13-5-4-10-17-11-13/h1-7,10-11,15H,8-9,12H2,(H,18,20). The van der Waals surface area contributed by atoms with Crippen molar-refractivity contribution in [1.29, 1.82) is 0 Å². The molecule has 1 heterocycles. The van der Waals surface area contributed by atoms with E-state index < -0.39 is 0 Å². The number of aromatic nitrogens is 1. The van der Waals surface area contributed by atoms with Gasteiger partial charge in [0, 0.05) is 30.7 Å². The average molecular weight is 283 g/mol. The molecule has 0 atom stereocenters. The predicted octanol–water partition coefficient (Wildman–Crippen LogP) is 3.44. The van der Waals surface area contributed by atoms with E-state index in [0.29, 0.717) is 6.04 Å². The van der Waals surface area contributed by atoms with Gasteiger partial charge in [0.05, 0.1) is 0 Å². The minimum Gasteiger partial charge on any atom is -0.342 e. The molecule has 102 valence electrons. The molecule has 0 spiro atoms. The van der Waals surface area contributed by atoms with E-state index in [1.54, 1.807) is 6.20 Å². The van der Waals surface area contributed by atoms with Crippen LogP contribution in [0.3, 0.4) is 0 Å². The van der Waals surface area contributed by atoms with Crippen LogP contribution >= 0.6 is 12.2 Å². The molecule has 20 heavy (non-hydrogen) atoms. The third-order valence-corrected chi connectivity index (χ3v) is 3.69. The Labute approximate surface area is 124 Å². The number of hydrogen-bond donors (Lipinski definition) is 1. The van der Waals surface area contributed by atoms with Crippen LogP contribution in [-0.2, 0) is 6.54 Å². The Bertz CT molecular complexity index is 567. The van der Waals surface area contributed by atoms with Crippen LogP contribution in [-0.4, -0.2) is 21.0 Å². The van der Waals surface area contributed by atoms with E-state index in [0.717, 1.165) is 17.3 Å². The summed E-state index contributed by atoms with van der Waals surface area (Å²) in [4.78, 5) is 6.43. The van der Waals surface area contributed by atoms with Gasteiger partial charge >= 0.3 is 0 Å². The van der Waals surface area contributed by atoms with Gasteiger partial charge in [-0.15, -0.1) is 0 Å². The van der Waals surface area contributed by atoms with Crippen LogP contribution in [0.25, 0.3) is 0 Å². The highest BCUT2D eigenvalue weighted by molar-refractivity contribution is 7.80. The fourth-order valence-electron chi connectivity index (χ4n) is 2.16. The van der Waals surface area contributed by atoms with Crippen LogP contribution in [0.4, 0.5) is 5.69 Å². The molecule has 1 aliphatic rings. The molecular weight excluding hydrogens is 266 g/mol. The van der Waals surface area contributed by atoms with Crippen LogP contribution in [0.5, 0.6) is 0 Å². The smallest absolute Gasteiger partial charge is 0.173 e. The molecule has 0 saturated heterocycles. The van der Waals surface area contributed by atoms with Gasteiger partial charge in [-0.1, -0.05) is 24.3 Å². The maximum Gasteiger partial charge on any atom is 0.173 e. The molecule has 1 N–H and O–H groups in total. The van der Waals surface area contributed by atoms with Gasteiger partial charge < -0.3 is 10.2 Å². The van der Waals surface area contributed by atoms with Crippen molar-refractivity contribution in [2.75, 3.05) is 5.32 Å². The summed E-state index contributed by atoms with van der Waals surface area (Å²) in [6.07, 6.45) is 6.14. The number of nitrogens with zero attached hydrogens (tertiary/aromatic N) is 2. The molecule has 1 aliphatic carbocycles. The van der Waals surface area contributed by atoms with Crippen molar-refractivity contribution in [3.8, 4) is 0 Å². The second-order valence-corrected chi connectivity index (χ2v) is 5.40. The van der Waals surface area contributed by atoms with E-state index in [4.69, 9.17) is 12.2 Å². The Hall–Kier alpha value is -1.94. The first kappa shape index (κ1) is 13.1. The number of para-hydroxylation sites is 1. The van der Waals surface area contributed by atoms with Gasteiger partial charge in [0.1, 0.15) is 0 Å². The summed E-state index contributed by atoms with van der Waals surface area (Å²) in [6, 6.07) is 14.7. The Morgan fingerprint density at radius 3 is 2.65 bits per heavy atom. The zero-order valence-corrected chi connectivity index (χ0v) is 12.0. The monoisotopic (exact) mass is 283 g/mol. The molecule has 1 fully saturated rings. The highest BCUT2D eigenvalue weighted by Crippen LogP contribution is 2.29. The number of hydrogen-bond acceptors (Lipinski definition) is 2. The lowest BCUT2D eigenvalue weighted by Gasteiger charge is -2.25. The Morgan fingerprint density at radius 1 is 1.20 bits per heavy atom. The lowest BCUT2D eigenvalue weighted by atomic mass is 10.2. The summed E-state index contributed by atoms with van der Waals surface area (Å²) in [6.45, 7) is 0.817. The van der Waals surface area contributed by atoms with Gasteiger partial charge in [-0.2, -0.15) is 0 Å². The molecule has 0 bridgehead atoms. The fraction of sp³-hybridized carbons (Fsp3) is 0.250. The Morgan fingerprint density at radius 2 is 2.00 bits per heavy atom. The minimum atomic E-state index is 0.568. The molecule has 1 aromatic carbocycles. The number of anilines is 1. The molecular formula is C16H17N3S. The third kappa shape index (κ3) is 3.33. The second-order valence-electron chi connectivity index (χ2n) is 5.02. The molecule has 2 aromatic rings. The van der Waals surface area contributed by atoms with Gasteiger partial charge in [-0.05, 0) is 48.8 Å². The molecule has 0 radical (unpaired) electrons. The largest absolute Gasteiger partial charge is 0.342 e. The Kier molecular flexibility index (Phi) is 3.92. The normalized spacial score (nSPS) is 13.8. The molecule has 1 saturated carbocycles. The van der Waals surface area contributed by atoms with E-state index in [9.17, 15) is 0 Å². The quantitative estimate of drug-likeness (QED) is 0.870. The van der Waals surface area contributed by atoms with Crippen LogP contribution in [0.2, 0.25) is 0 Å². The first-order valence-corrected chi connectivity index (χ1v) is 7.25. The molecule has 3 rings (SSSR count). The summed E-state index contributed by atoms with van der Waals surface area (Å²) in [5.41, 5.74) is 2.23. The van der Waals surface area contributed by atoms with Crippen molar-refractivity contribution in [1.82, 2.24) is 9.88 Å². The first-order chi connectivity index (χ1) is 9.83. The zero-order chi connectivity index (χ0) is 13.8. The summed E-state index contributed by atoms with van der Waals surface area (Å²) in [7, 11) is 0. The van der Waals surface area contributed by atoms with Crippen molar-refractivity contribution >= 4 is 23.0 Å². The highest BCUT2D eigenvalue weighted by Gasteiger charge is 2.30. The highest BCUT2D eigenvalue weighted by atomic mass is 32.1. The summed E-state index contributed by atoms with van der Waals surface area (Å²) >= 11 is 5.57. The summed E-state index contributed by atoms with van der Waals surface area (Å²) < 4.78 is 0. The van der Waals surface area contributed by atoms with E-state index in [1.807, 2.05) is 42.6 Å². The molecule has 3 nitrogen and oxygen atoms in total. The van der Waals surface area contributed by atoms with Gasteiger partial charge in [0.15, 0.2) is 5.11 Å². The molecule has 0 unspecified atom stereocenters. The molecule has 0 aliphatic heterocycles. The van der Waals surface area contributed by atoms with Crippen molar-refractivity contribution < 1.29 is 0 Å². The maximum absolute atomic E-state index is 5.57. The zero-order valence-electron chi connectivity index (χ0n) is 11.2. The topological polar surface area (TPSA) is 28.2 Å². The van der Waals surface area contributed by atoms with Crippen LogP contribution in [0.1, 0.15) is 18.4 Å². The first-order valence-electron chi connectivity index (χ1n) is 6.84. The molecule has 4 heteroatoms. The van der Waals surface area contributed by atoms with Crippen molar-refractivity contribution in [3.63, 3.8) is 0 Å². The van der Waals surface area contributed by atoms with E-state index in [-0.39, 0.29) is 0 Å². The number of rotatable bonds is 4. The Balaban J connectivity index is 1.69. The lowest BCUT2D eigenvalue weighted by Crippen LogP contribution is -2.36. The average Bonchev–Trinajstić information content (AvgIpc) is 3.31. The summed E-state index contributed by atoms with van der Waals surface area (Å²) in [5, 5.41) is 4.11. The van der Waals surface area contributed by atoms with Crippen LogP contribution < -0.4 is 5.32 Å². The van der Waals surface area contributed by atoms with Gasteiger partial charge in [0.2, 0.25) is 0 Å². The van der Waals surface area contributed by atoms with E-state index in [2.05, 4.69) is 21.3 Å². The van der Waals surface area contributed by atoms with E-state index >= 15 is 0 Å². The van der Waals surface area contributed by atoms with Crippen LogP contribution in [0, 0.1) is 0 Å². The predicted molar refractivity (Wildman–Crippen MR) is 85.5 cm³/mol. The minimum absolute atomic E-state index is 0.568. The SMILES string of the molecule is S=C(Nc1ccccc1)N(Cc1cccnc1)C1CC1. The van der Waals surface area contributed by atoms with Gasteiger partial charge in [0.25, 0.3) is 0 Å². The maximum atomic E-state index is 5.57. The van der Waals surface area contributed by atoms with Crippen molar-refractivity contribution in [2.24, 2.45) is 0 Å². The van der Waals surface area contributed by atoms with Gasteiger partial charge in [-0.3, -0.25) is 4.98 Å². The van der Waals surface area contributed by atoms with Crippen molar-refractivity contribution in [2.45, 2.75) is 25.4 Å². The second kappa shape index (κ2) is 6.01. The van der Waals surface area contributed by atoms with E-state index in [1.165, 1.54) is 18.4 Å². The molecule has 0 amide bonds. The van der Waals surface area contributed by atoms with Crippen molar-refractivity contribution in [3.05, 3.63) is 60.4 Å². The number of nitrogens with one attached hydrogen (secondary N) is 1. The number of pyridine rings is 1. The van der Waals surface area contributed by atoms with Gasteiger partial charge in [-0.25, -0.2) is 0 Å². The lowest BCUT2D eigenvalue weighted by molar-refractivity contribution is 0.409. The fourth-order valence-corrected chi connectivity index (χ4v) is 2.49. The molecule has 1 aromatic heterocycles. The number of benzene rings is 1. The van der Waals surface area contributed by atoms with Crippen LogP contribution in [0.15, 0.2) is 54.9 Å². The number of thiocarbonyl (C=S) groups is 1. The third-order valence-electron chi connectivity index (χ3n) is 3.35. The summed E-state index contributed by atoms with van der Waals surface area (Å²) in [5.74, 6) is 0.